The molecular weight excluding hydrogens is 134 g/mol. The zero-order chi connectivity index (χ0) is 7.73. The summed E-state index contributed by atoms with van der Waals surface area (Å²) in [5, 5.41) is 0. The molecule has 0 aromatic rings. The monoisotopic (exact) mass is 148 g/mol. The van der Waals surface area contributed by atoms with Crippen molar-refractivity contribution in [3.63, 3.8) is 0 Å². The van der Waals surface area contributed by atoms with Gasteiger partial charge in [-0.05, 0) is 25.2 Å². The Kier molecular flexibility index (Phi) is 1.61. The minimum Gasteiger partial charge on any atom is -0.330 e. The van der Waals surface area contributed by atoms with Crippen LogP contribution in [0.5, 0.6) is 0 Å². The van der Waals surface area contributed by atoms with E-state index in [-0.39, 0.29) is 5.41 Å². The first-order valence-corrected chi connectivity index (χ1v) is 4.28. The minimum atomic E-state index is 0.217. The summed E-state index contributed by atoms with van der Waals surface area (Å²) in [6, 6.07) is 0. The number of rotatable bonds is 2. The van der Waals surface area contributed by atoms with Gasteiger partial charge in [-0.3, -0.25) is 0 Å². The summed E-state index contributed by atoms with van der Waals surface area (Å²) in [5.41, 5.74) is 5.98. The quantitative estimate of drug-likeness (QED) is 0.633. The highest BCUT2D eigenvalue weighted by molar-refractivity contribution is 5.28. The van der Waals surface area contributed by atoms with Crippen LogP contribution in [-0.2, 0) is 0 Å². The van der Waals surface area contributed by atoms with Gasteiger partial charge >= 0.3 is 0 Å². The van der Waals surface area contributed by atoms with Crippen LogP contribution in [0.25, 0.3) is 0 Å². The fraction of sp³-hybridized carbons (Fsp3) is 0.500. The van der Waals surface area contributed by atoms with E-state index in [1.54, 1.807) is 0 Å². The smallest absolute Gasteiger partial charge is 0.0104 e. The summed E-state index contributed by atoms with van der Waals surface area (Å²) in [5.74, 6) is 0.827. The Labute approximate surface area is 68.0 Å². The van der Waals surface area contributed by atoms with Crippen LogP contribution in [0.4, 0.5) is 0 Å². The summed E-state index contributed by atoms with van der Waals surface area (Å²) >= 11 is 0. The third-order valence-electron chi connectivity index (χ3n) is 2.73. The van der Waals surface area contributed by atoms with E-state index in [1.807, 2.05) is 0 Å². The maximum absolute atomic E-state index is 5.76. The van der Waals surface area contributed by atoms with E-state index in [2.05, 4.69) is 30.7 Å². The van der Waals surface area contributed by atoms with Crippen LogP contribution in [0.1, 0.15) is 12.8 Å². The molecule has 1 nitrogen and oxygen atoms in total. The topological polar surface area (TPSA) is 26.0 Å². The lowest BCUT2D eigenvalue weighted by Gasteiger charge is -2.29. The first kappa shape index (κ1) is 7.11. The Hall–Kier alpha value is -0.560. The van der Waals surface area contributed by atoms with Crippen molar-refractivity contribution in [3.8, 4) is 0 Å². The second kappa shape index (κ2) is 2.49. The van der Waals surface area contributed by atoms with Crippen LogP contribution in [-0.4, -0.2) is 6.54 Å². The normalized spacial score (nSPS) is 36.1. The SMILES string of the molecule is NCC1(C2CC2)[CH]C=CC=C1. The van der Waals surface area contributed by atoms with Crippen molar-refractivity contribution in [2.24, 2.45) is 17.1 Å². The third-order valence-corrected chi connectivity index (χ3v) is 2.73. The lowest BCUT2D eigenvalue weighted by atomic mass is 9.77. The molecule has 2 N–H and O–H groups in total. The molecule has 0 saturated heterocycles. The molecule has 2 aliphatic rings. The molecule has 0 bridgehead atoms. The van der Waals surface area contributed by atoms with Crippen molar-refractivity contribution in [3.05, 3.63) is 30.7 Å². The van der Waals surface area contributed by atoms with Crippen molar-refractivity contribution in [1.29, 1.82) is 0 Å². The predicted molar refractivity (Wildman–Crippen MR) is 46.8 cm³/mol. The van der Waals surface area contributed by atoms with Crippen molar-refractivity contribution in [2.45, 2.75) is 12.8 Å². The van der Waals surface area contributed by atoms with Crippen LogP contribution in [0, 0.1) is 17.8 Å². The van der Waals surface area contributed by atoms with Gasteiger partial charge in [0.25, 0.3) is 0 Å². The molecule has 1 saturated carbocycles. The highest BCUT2D eigenvalue weighted by atomic mass is 14.6. The molecule has 0 heterocycles. The minimum absolute atomic E-state index is 0.217. The van der Waals surface area contributed by atoms with Gasteiger partial charge in [0.15, 0.2) is 0 Å². The molecule has 0 amide bonds. The molecule has 0 spiro atoms. The number of allylic oxidation sites excluding steroid dienone is 3. The maximum Gasteiger partial charge on any atom is 0.0104 e. The average molecular weight is 148 g/mol. The zero-order valence-electron chi connectivity index (χ0n) is 6.66. The molecule has 0 aromatic heterocycles. The first-order valence-electron chi connectivity index (χ1n) is 4.28. The number of nitrogens with two attached hydrogens (primary N) is 1. The molecule has 1 radical (unpaired) electrons. The summed E-state index contributed by atoms with van der Waals surface area (Å²) in [4.78, 5) is 0. The van der Waals surface area contributed by atoms with Gasteiger partial charge in [0, 0.05) is 12.0 Å². The Balaban J connectivity index is 2.15. The third kappa shape index (κ3) is 1.14. The van der Waals surface area contributed by atoms with Gasteiger partial charge in [-0.2, -0.15) is 0 Å². The highest BCUT2D eigenvalue weighted by Crippen LogP contribution is 2.48. The summed E-state index contributed by atoms with van der Waals surface area (Å²) in [6.07, 6.45) is 13.5. The zero-order valence-corrected chi connectivity index (χ0v) is 6.66. The fourth-order valence-electron chi connectivity index (χ4n) is 1.78. The standard InChI is InChI=1S/C10H14N/c11-8-10(9-4-5-9)6-2-1-3-7-10/h1-3,6-7,9H,4-5,8,11H2. The van der Waals surface area contributed by atoms with Gasteiger partial charge in [0.2, 0.25) is 0 Å². The Morgan fingerprint density at radius 2 is 2.09 bits per heavy atom. The van der Waals surface area contributed by atoms with Gasteiger partial charge in [0.05, 0.1) is 0 Å². The van der Waals surface area contributed by atoms with Crippen LogP contribution >= 0.6 is 0 Å². The van der Waals surface area contributed by atoms with E-state index >= 15 is 0 Å². The van der Waals surface area contributed by atoms with Crippen molar-refractivity contribution in [2.75, 3.05) is 6.54 Å². The highest BCUT2D eigenvalue weighted by Gasteiger charge is 2.41. The molecule has 59 valence electrons. The molecule has 11 heavy (non-hydrogen) atoms. The summed E-state index contributed by atoms with van der Waals surface area (Å²) in [7, 11) is 0. The van der Waals surface area contributed by atoms with Crippen LogP contribution in [0.3, 0.4) is 0 Å². The second-order valence-electron chi connectivity index (χ2n) is 3.50. The maximum atomic E-state index is 5.76. The Morgan fingerprint density at radius 3 is 2.55 bits per heavy atom. The van der Waals surface area contributed by atoms with E-state index < -0.39 is 0 Å². The van der Waals surface area contributed by atoms with Crippen LogP contribution in [0.2, 0.25) is 0 Å². The van der Waals surface area contributed by atoms with Crippen molar-refractivity contribution < 1.29 is 0 Å². The molecule has 1 atom stereocenters. The molecule has 1 fully saturated rings. The molecule has 0 aromatic carbocycles. The second-order valence-corrected chi connectivity index (χ2v) is 3.50. The molecular formula is C10H14N. The predicted octanol–water partition coefficient (Wildman–Crippen LogP) is 1.67. The van der Waals surface area contributed by atoms with Gasteiger partial charge < -0.3 is 5.73 Å². The van der Waals surface area contributed by atoms with Gasteiger partial charge in [-0.25, -0.2) is 0 Å². The van der Waals surface area contributed by atoms with E-state index in [0.29, 0.717) is 0 Å². The molecule has 2 rings (SSSR count). The Bertz CT molecular complexity index is 201. The van der Waals surface area contributed by atoms with Crippen molar-refractivity contribution >= 4 is 0 Å². The lowest BCUT2D eigenvalue weighted by molar-refractivity contribution is 0.408. The summed E-state index contributed by atoms with van der Waals surface area (Å²) in [6.45, 7) is 0.762. The van der Waals surface area contributed by atoms with Crippen molar-refractivity contribution in [1.82, 2.24) is 0 Å². The van der Waals surface area contributed by atoms with Crippen LogP contribution < -0.4 is 5.73 Å². The first-order chi connectivity index (χ1) is 5.37. The van der Waals surface area contributed by atoms with E-state index in [0.717, 1.165) is 12.5 Å². The molecule has 2 aliphatic carbocycles. The van der Waals surface area contributed by atoms with Gasteiger partial charge in [0.1, 0.15) is 0 Å². The number of hydrogen-bond acceptors (Lipinski definition) is 1. The average Bonchev–Trinajstić information content (AvgIpc) is 2.88. The van der Waals surface area contributed by atoms with Crippen LogP contribution in [0.15, 0.2) is 24.3 Å². The van der Waals surface area contributed by atoms with E-state index in [4.69, 9.17) is 5.73 Å². The fourth-order valence-corrected chi connectivity index (χ4v) is 1.78. The molecule has 1 heteroatoms. The van der Waals surface area contributed by atoms with Gasteiger partial charge in [-0.1, -0.05) is 24.3 Å². The van der Waals surface area contributed by atoms with E-state index in [1.165, 1.54) is 12.8 Å². The number of hydrogen-bond donors (Lipinski definition) is 1. The lowest BCUT2D eigenvalue weighted by Crippen LogP contribution is -2.31. The molecule has 1 unspecified atom stereocenters. The van der Waals surface area contributed by atoms with E-state index in [9.17, 15) is 0 Å². The van der Waals surface area contributed by atoms with Gasteiger partial charge in [-0.15, -0.1) is 0 Å². The summed E-state index contributed by atoms with van der Waals surface area (Å²) < 4.78 is 0. The Morgan fingerprint density at radius 1 is 1.27 bits per heavy atom. The molecule has 0 aliphatic heterocycles. The largest absolute Gasteiger partial charge is 0.330 e.